The molecule has 0 radical (unpaired) electrons. The Morgan fingerprint density at radius 2 is 2.04 bits per heavy atom. The van der Waals surface area contributed by atoms with Gasteiger partial charge in [-0.05, 0) is 30.5 Å². The largest absolute Gasteiger partial charge is 0.379 e. The lowest BCUT2D eigenvalue weighted by Gasteiger charge is -2.37. The summed E-state index contributed by atoms with van der Waals surface area (Å²) in [6.45, 7) is 5.10. The normalized spacial score (nSPS) is 17.1. The van der Waals surface area contributed by atoms with Crippen molar-refractivity contribution in [3.63, 3.8) is 0 Å². The van der Waals surface area contributed by atoms with E-state index >= 15 is 0 Å². The summed E-state index contributed by atoms with van der Waals surface area (Å²) in [5, 5.41) is 7.49. The van der Waals surface area contributed by atoms with Gasteiger partial charge in [0.1, 0.15) is 0 Å². The van der Waals surface area contributed by atoms with E-state index in [0.717, 1.165) is 13.1 Å². The Balaban J connectivity index is 1.59. The molecule has 8 heteroatoms. The number of carbonyl (C=O) groups is 2. The predicted molar refractivity (Wildman–Crippen MR) is 103 cm³/mol. The fourth-order valence-electron chi connectivity index (χ4n) is 3.16. The van der Waals surface area contributed by atoms with Crippen molar-refractivity contribution in [1.29, 1.82) is 0 Å². The van der Waals surface area contributed by atoms with E-state index in [4.69, 9.17) is 4.74 Å². The number of morpholine rings is 1. The number of amides is 2. The van der Waals surface area contributed by atoms with Gasteiger partial charge in [0.05, 0.1) is 31.5 Å². The summed E-state index contributed by atoms with van der Waals surface area (Å²) in [6.07, 6.45) is 1.65. The molecule has 144 valence electrons. The highest BCUT2D eigenvalue weighted by Crippen LogP contribution is 2.29. The van der Waals surface area contributed by atoms with E-state index in [1.807, 2.05) is 24.4 Å². The first-order valence-electron chi connectivity index (χ1n) is 8.99. The average molecular weight is 388 g/mol. The van der Waals surface area contributed by atoms with E-state index in [0.29, 0.717) is 18.9 Å². The Labute approximate surface area is 162 Å². The van der Waals surface area contributed by atoms with Gasteiger partial charge in [-0.25, -0.2) is 0 Å². The molecule has 2 N–H and O–H groups in total. The van der Waals surface area contributed by atoms with E-state index < -0.39 is 11.8 Å². The van der Waals surface area contributed by atoms with Crippen LogP contribution in [-0.4, -0.2) is 54.0 Å². The van der Waals surface area contributed by atoms with Gasteiger partial charge < -0.3 is 15.4 Å². The lowest BCUT2D eigenvalue weighted by Crippen LogP contribution is -2.51. The molecule has 1 fully saturated rings. The molecule has 1 saturated heterocycles. The van der Waals surface area contributed by atoms with Crippen molar-refractivity contribution in [2.24, 2.45) is 0 Å². The monoisotopic (exact) mass is 388 g/mol. The maximum Gasteiger partial charge on any atom is 0.309 e. The lowest BCUT2D eigenvalue weighted by molar-refractivity contribution is -0.140. The van der Waals surface area contributed by atoms with E-state index in [9.17, 15) is 9.59 Å². The Kier molecular flexibility index (Phi) is 6.92. The first-order chi connectivity index (χ1) is 13.1. The number of aromatic nitrogens is 1. The molecule has 1 aliphatic rings. The van der Waals surface area contributed by atoms with Crippen molar-refractivity contribution < 1.29 is 14.3 Å². The molecule has 0 bridgehead atoms. The minimum absolute atomic E-state index is 0.0152. The van der Waals surface area contributed by atoms with Crippen molar-refractivity contribution >= 4 is 23.2 Å². The van der Waals surface area contributed by atoms with Crippen LogP contribution in [0.1, 0.15) is 23.5 Å². The van der Waals surface area contributed by atoms with Crippen molar-refractivity contribution in [2.75, 3.05) is 26.3 Å². The van der Waals surface area contributed by atoms with Gasteiger partial charge in [-0.2, -0.15) is 0 Å². The molecule has 27 heavy (non-hydrogen) atoms. The number of hydrogen-bond acceptors (Lipinski definition) is 6. The minimum Gasteiger partial charge on any atom is -0.379 e. The standard InChI is InChI=1S/C19H24N4O3S/c1-14(17(16-6-4-12-27-16)23-8-10-26-11-9-23)22-19(25)18(24)21-13-15-5-2-3-7-20-15/h2-7,12,14,17H,8-11,13H2,1H3,(H,21,24)(H,22,25)/t14-,17-/m0/s1. The van der Waals surface area contributed by atoms with Gasteiger partial charge in [0.15, 0.2) is 0 Å². The average Bonchev–Trinajstić information content (AvgIpc) is 3.22. The van der Waals surface area contributed by atoms with Gasteiger partial charge in [0, 0.05) is 30.2 Å². The third-order valence-corrected chi connectivity index (χ3v) is 5.41. The Hall–Kier alpha value is -2.29. The number of pyridine rings is 1. The fraction of sp³-hybridized carbons (Fsp3) is 0.421. The maximum absolute atomic E-state index is 12.3. The number of nitrogens with zero attached hydrogens (tertiary/aromatic N) is 2. The number of carbonyl (C=O) groups excluding carboxylic acids is 2. The van der Waals surface area contributed by atoms with Crippen LogP contribution in [-0.2, 0) is 20.9 Å². The zero-order valence-electron chi connectivity index (χ0n) is 15.3. The summed E-state index contributed by atoms with van der Waals surface area (Å²) >= 11 is 1.65. The van der Waals surface area contributed by atoms with E-state index in [2.05, 4.69) is 26.6 Å². The van der Waals surface area contributed by atoms with Crippen LogP contribution >= 0.6 is 11.3 Å². The highest BCUT2D eigenvalue weighted by Gasteiger charge is 2.30. The molecule has 3 heterocycles. The zero-order chi connectivity index (χ0) is 19.1. The number of hydrogen-bond donors (Lipinski definition) is 2. The van der Waals surface area contributed by atoms with Crippen molar-refractivity contribution in [3.05, 3.63) is 52.5 Å². The molecule has 0 spiro atoms. The highest BCUT2D eigenvalue weighted by molar-refractivity contribution is 7.10. The molecule has 2 aromatic heterocycles. The third kappa shape index (κ3) is 5.35. The first-order valence-corrected chi connectivity index (χ1v) is 9.87. The molecule has 2 aromatic rings. The molecule has 0 unspecified atom stereocenters. The number of nitrogens with one attached hydrogen (secondary N) is 2. The van der Waals surface area contributed by atoms with Crippen LogP contribution in [0.4, 0.5) is 0 Å². The molecule has 1 aliphatic heterocycles. The van der Waals surface area contributed by atoms with Gasteiger partial charge in [-0.1, -0.05) is 12.1 Å². The molecule has 0 aliphatic carbocycles. The highest BCUT2D eigenvalue weighted by atomic mass is 32.1. The minimum atomic E-state index is -0.653. The van der Waals surface area contributed by atoms with Gasteiger partial charge in [-0.15, -0.1) is 11.3 Å². The first kappa shape index (κ1) is 19.5. The number of rotatable bonds is 6. The van der Waals surface area contributed by atoms with Gasteiger partial charge >= 0.3 is 11.8 Å². The number of thiophene rings is 1. The Bertz CT molecular complexity index is 733. The summed E-state index contributed by atoms with van der Waals surface area (Å²) < 4.78 is 5.44. The molecular weight excluding hydrogens is 364 g/mol. The van der Waals surface area contributed by atoms with Crippen LogP contribution in [0.15, 0.2) is 41.9 Å². The molecule has 3 rings (SSSR count). The number of ether oxygens (including phenoxy) is 1. The summed E-state index contributed by atoms with van der Waals surface area (Å²) in [7, 11) is 0. The van der Waals surface area contributed by atoms with Crippen LogP contribution in [0, 0.1) is 0 Å². The van der Waals surface area contributed by atoms with Gasteiger partial charge in [-0.3, -0.25) is 19.5 Å². The molecule has 2 atom stereocenters. The summed E-state index contributed by atoms with van der Waals surface area (Å²) in [5.74, 6) is -1.28. The second-order valence-corrected chi connectivity index (χ2v) is 7.35. The summed E-state index contributed by atoms with van der Waals surface area (Å²) in [5.41, 5.74) is 0.705. The molecule has 0 saturated carbocycles. The van der Waals surface area contributed by atoms with Crippen molar-refractivity contribution in [1.82, 2.24) is 20.5 Å². The molecular formula is C19H24N4O3S. The van der Waals surface area contributed by atoms with E-state index in [1.165, 1.54) is 4.88 Å². The lowest BCUT2D eigenvalue weighted by atomic mass is 10.1. The Morgan fingerprint density at radius 3 is 2.70 bits per heavy atom. The summed E-state index contributed by atoms with van der Waals surface area (Å²) in [4.78, 5) is 32.1. The van der Waals surface area contributed by atoms with Gasteiger partial charge in [0.2, 0.25) is 0 Å². The molecule has 7 nitrogen and oxygen atoms in total. The van der Waals surface area contributed by atoms with Crippen molar-refractivity contribution in [2.45, 2.75) is 25.6 Å². The van der Waals surface area contributed by atoms with Crippen LogP contribution in [0.5, 0.6) is 0 Å². The smallest absolute Gasteiger partial charge is 0.309 e. The fourth-order valence-corrected chi connectivity index (χ4v) is 4.13. The molecule has 2 amide bonds. The van der Waals surface area contributed by atoms with Crippen LogP contribution in [0.3, 0.4) is 0 Å². The second kappa shape index (κ2) is 9.59. The maximum atomic E-state index is 12.3. The Morgan fingerprint density at radius 1 is 1.22 bits per heavy atom. The SMILES string of the molecule is C[C@H](NC(=O)C(=O)NCc1ccccn1)[C@@H](c1cccs1)N1CCOCC1. The van der Waals surface area contributed by atoms with Gasteiger partial charge in [0.25, 0.3) is 0 Å². The second-order valence-electron chi connectivity index (χ2n) is 6.37. The topological polar surface area (TPSA) is 83.6 Å². The predicted octanol–water partition coefficient (Wildman–Crippen LogP) is 1.34. The van der Waals surface area contributed by atoms with E-state index in [-0.39, 0.29) is 18.6 Å². The van der Waals surface area contributed by atoms with Crippen LogP contribution in [0.25, 0.3) is 0 Å². The zero-order valence-corrected chi connectivity index (χ0v) is 16.1. The van der Waals surface area contributed by atoms with Crippen LogP contribution < -0.4 is 10.6 Å². The summed E-state index contributed by atoms with van der Waals surface area (Å²) in [6, 6.07) is 9.30. The third-order valence-electron chi connectivity index (χ3n) is 4.47. The van der Waals surface area contributed by atoms with Crippen LogP contribution in [0.2, 0.25) is 0 Å². The van der Waals surface area contributed by atoms with Crippen molar-refractivity contribution in [3.8, 4) is 0 Å². The van der Waals surface area contributed by atoms with E-state index in [1.54, 1.807) is 29.7 Å². The quantitative estimate of drug-likeness (QED) is 0.730. The molecule has 0 aromatic carbocycles.